The number of methoxy groups -OCH3 is 1. The fourth-order valence-corrected chi connectivity index (χ4v) is 1.23. The topological polar surface area (TPSA) is 113 Å². The van der Waals surface area contributed by atoms with E-state index in [1.165, 1.54) is 12.1 Å². The van der Waals surface area contributed by atoms with Crippen LogP contribution in [0.5, 0.6) is 0 Å². The van der Waals surface area contributed by atoms with E-state index in [1.54, 1.807) is 7.11 Å². The van der Waals surface area contributed by atoms with Gasteiger partial charge in [-0.1, -0.05) is 0 Å². The summed E-state index contributed by atoms with van der Waals surface area (Å²) in [6, 6.07) is 2.84. The number of nitrogens with one attached hydrogen (secondary N) is 2. The molecule has 8 heteroatoms. The minimum atomic E-state index is -1.13. The molecule has 0 spiro atoms. The first kappa shape index (κ1) is 14.8. The number of rotatable bonds is 8. The van der Waals surface area contributed by atoms with Gasteiger partial charge in [0.25, 0.3) is 0 Å². The number of aromatic carboxylic acids is 1. The van der Waals surface area contributed by atoms with E-state index in [1.807, 2.05) is 0 Å². The minimum Gasteiger partial charge on any atom is -0.476 e. The second-order valence-corrected chi connectivity index (χ2v) is 3.63. The SMILES string of the molecule is COCCNC(=O)CCNc1ccc(C(=O)O)nn1. The fraction of sp³-hybridized carbons (Fsp3) is 0.455. The quantitative estimate of drug-likeness (QED) is 0.556. The van der Waals surface area contributed by atoms with Crippen molar-refractivity contribution in [3.8, 4) is 0 Å². The third-order valence-electron chi connectivity index (χ3n) is 2.17. The molecule has 0 radical (unpaired) electrons. The lowest BCUT2D eigenvalue weighted by Crippen LogP contribution is -2.28. The summed E-state index contributed by atoms with van der Waals surface area (Å²) in [7, 11) is 1.56. The van der Waals surface area contributed by atoms with E-state index < -0.39 is 5.97 Å². The summed E-state index contributed by atoms with van der Waals surface area (Å²) in [5, 5.41) is 21.4. The number of ether oxygens (including phenoxy) is 1. The lowest BCUT2D eigenvalue weighted by Gasteiger charge is -2.06. The molecule has 0 aliphatic rings. The summed E-state index contributed by atoms with van der Waals surface area (Å²) >= 11 is 0. The van der Waals surface area contributed by atoms with Crippen molar-refractivity contribution in [3.63, 3.8) is 0 Å². The van der Waals surface area contributed by atoms with Crippen LogP contribution in [-0.4, -0.2) is 54.0 Å². The molecule has 1 aromatic rings. The van der Waals surface area contributed by atoms with Crippen molar-refractivity contribution in [1.29, 1.82) is 0 Å². The van der Waals surface area contributed by atoms with Crippen LogP contribution in [0.2, 0.25) is 0 Å². The van der Waals surface area contributed by atoms with Crippen LogP contribution in [-0.2, 0) is 9.53 Å². The van der Waals surface area contributed by atoms with Crippen molar-refractivity contribution in [1.82, 2.24) is 15.5 Å². The lowest BCUT2D eigenvalue weighted by atomic mass is 10.3. The van der Waals surface area contributed by atoms with E-state index in [0.717, 1.165) is 0 Å². The van der Waals surface area contributed by atoms with Gasteiger partial charge in [0.15, 0.2) is 5.69 Å². The second-order valence-electron chi connectivity index (χ2n) is 3.63. The maximum absolute atomic E-state index is 11.3. The number of hydrogen-bond acceptors (Lipinski definition) is 6. The average Bonchev–Trinajstić information content (AvgIpc) is 2.39. The number of hydrogen-bond donors (Lipinski definition) is 3. The summed E-state index contributed by atoms with van der Waals surface area (Å²) in [4.78, 5) is 21.9. The van der Waals surface area contributed by atoms with E-state index in [9.17, 15) is 9.59 Å². The Kier molecular flexibility index (Phi) is 6.23. The predicted octanol–water partition coefficient (Wildman–Crippen LogP) is -0.261. The van der Waals surface area contributed by atoms with Crippen LogP contribution in [0.4, 0.5) is 5.82 Å². The largest absolute Gasteiger partial charge is 0.476 e. The highest BCUT2D eigenvalue weighted by molar-refractivity contribution is 5.85. The van der Waals surface area contributed by atoms with Crippen LogP contribution < -0.4 is 10.6 Å². The van der Waals surface area contributed by atoms with E-state index in [2.05, 4.69) is 20.8 Å². The molecule has 0 saturated carbocycles. The Morgan fingerprint density at radius 1 is 1.32 bits per heavy atom. The standard InChI is InChI=1S/C11H16N4O4/c1-19-7-6-13-10(16)4-5-12-9-3-2-8(11(17)18)14-15-9/h2-3H,4-7H2,1H3,(H,12,15)(H,13,16)(H,17,18). The Labute approximate surface area is 110 Å². The highest BCUT2D eigenvalue weighted by Crippen LogP contribution is 2.01. The van der Waals surface area contributed by atoms with Crippen LogP contribution in [0.15, 0.2) is 12.1 Å². The van der Waals surface area contributed by atoms with Gasteiger partial charge in [-0.25, -0.2) is 4.79 Å². The number of nitrogens with zero attached hydrogens (tertiary/aromatic N) is 2. The van der Waals surface area contributed by atoms with Crippen LogP contribution in [0.25, 0.3) is 0 Å². The normalized spacial score (nSPS) is 9.95. The molecule has 0 aliphatic heterocycles. The maximum atomic E-state index is 11.3. The molecule has 0 unspecified atom stereocenters. The molecule has 0 fully saturated rings. The molecule has 0 bridgehead atoms. The second kappa shape index (κ2) is 7.98. The zero-order chi connectivity index (χ0) is 14.1. The Bertz CT molecular complexity index is 421. The molecule has 0 saturated heterocycles. The molecular formula is C11H16N4O4. The Balaban J connectivity index is 2.25. The van der Waals surface area contributed by atoms with E-state index >= 15 is 0 Å². The molecule has 19 heavy (non-hydrogen) atoms. The third kappa shape index (κ3) is 5.77. The van der Waals surface area contributed by atoms with Crippen LogP contribution in [0, 0.1) is 0 Å². The Hall–Kier alpha value is -2.22. The smallest absolute Gasteiger partial charge is 0.356 e. The molecular weight excluding hydrogens is 252 g/mol. The maximum Gasteiger partial charge on any atom is 0.356 e. The minimum absolute atomic E-state index is 0.0975. The van der Waals surface area contributed by atoms with E-state index in [0.29, 0.717) is 25.5 Å². The predicted molar refractivity (Wildman–Crippen MR) is 67.0 cm³/mol. The van der Waals surface area contributed by atoms with Gasteiger partial charge in [0.05, 0.1) is 6.61 Å². The number of carboxylic acids is 1. The zero-order valence-corrected chi connectivity index (χ0v) is 10.5. The van der Waals surface area contributed by atoms with Gasteiger partial charge in [-0.05, 0) is 12.1 Å². The number of anilines is 1. The van der Waals surface area contributed by atoms with Crippen molar-refractivity contribution in [3.05, 3.63) is 17.8 Å². The molecule has 8 nitrogen and oxygen atoms in total. The molecule has 1 aromatic heterocycles. The van der Waals surface area contributed by atoms with Gasteiger partial charge in [0, 0.05) is 26.6 Å². The van der Waals surface area contributed by atoms with E-state index in [4.69, 9.17) is 9.84 Å². The monoisotopic (exact) mass is 268 g/mol. The average molecular weight is 268 g/mol. The fourth-order valence-electron chi connectivity index (χ4n) is 1.23. The van der Waals surface area contributed by atoms with E-state index in [-0.39, 0.29) is 18.0 Å². The Morgan fingerprint density at radius 2 is 2.11 bits per heavy atom. The highest BCUT2D eigenvalue weighted by Gasteiger charge is 2.05. The van der Waals surface area contributed by atoms with Gasteiger partial charge in [-0.15, -0.1) is 10.2 Å². The number of carbonyl (C=O) groups is 2. The first-order chi connectivity index (χ1) is 9.13. The third-order valence-corrected chi connectivity index (χ3v) is 2.17. The summed E-state index contributed by atoms with van der Waals surface area (Å²) in [6.45, 7) is 1.34. The first-order valence-corrected chi connectivity index (χ1v) is 5.70. The molecule has 3 N–H and O–H groups in total. The van der Waals surface area contributed by atoms with Crippen LogP contribution in [0.1, 0.15) is 16.9 Å². The summed E-state index contributed by atoms with van der Waals surface area (Å²) in [5.41, 5.74) is -0.122. The molecule has 1 heterocycles. The summed E-state index contributed by atoms with van der Waals surface area (Å²) in [6.07, 6.45) is 0.284. The van der Waals surface area contributed by atoms with Crippen molar-refractivity contribution in [2.45, 2.75) is 6.42 Å². The van der Waals surface area contributed by atoms with Crippen molar-refractivity contribution in [2.75, 3.05) is 32.1 Å². The number of carbonyl (C=O) groups excluding carboxylic acids is 1. The highest BCUT2D eigenvalue weighted by atomic mass is 16.5. The molecule has 1 amide bonds. The molecule has 104 valence electrons. The lowest BCUT2D eigenvalue weighted by molar-refractivity contribution is -0.121. The van der Waals surface area contributed by atoms with Gasteiger partial charge in [0.1, 0.15) is 5.82 Å². The van der Waals surface area contributed by atoms with Gasteiger partial charge < -0.3 is 20.5 Å². The summed E-state index contributed by atoms with van der Waals surface area (Å²) in [5.74, 6) is -0.800. The number of amides is 1. The Morgan fingerprint density at radius 3 is 2.68 bits per heavy atom. The van der Waals surface area contributed by atoms with Crippen LogP contribution >= 0.6 is 0 Å². The van der Waals surface area contributed by atoms with Gasteiger partial charge >= 0.3 is 5.97 Å². The number of aromatic nitrogens is 2. The summed E-state index contributed by atoms with van der Waals surface area (Å²) < 4.78 is 4.80. The number of carboxylic acid groups (broad SMARTS) is 1. The van der Waals surface area contributed by atoms with Crippen molar-refractivity contribution < 1.29 is 19.4 Å². The first-order valence-electron chi connectivity index (χ1n) is 5.70. The van der Waals surface area contributed by atoms with Gasteiger partial charge in [0.2, 0.25) is 5.91 Å². The molecule has 0 aliphatic carbocycles. The van der Waals surface area contributed by atoms with Crippen molar-refractivity contribution >= 4 is 17.7 Å². The molecule has 0 aromatic carbocycles. The zero-order valence-electron chi connectivity index (χ0n) is 10.5. The van der Waals surface area contributed by atoms with Crippen LogP contribution in [0.3, 0.4) is 0 Å². The van der Waals surface area contributed by atoms with Crippen molar-refractivity contribution in [2.24, 2.45) is 0 Å². The molecule has 0 atom stereocenters. The molecule has 1 rings (SSSR count). The van der Waals surface area contributed by atoms with Gasteiger partial charge in [-0.2, -0.15) is 0 Å². The van der Waals surface area contributed by atoms with Gasteiger partial charge in [-0.3, -0.25) is 4.79 Å².